The molecule has 16 heavy (non-hydrogen) atoms. The second kappa shape index (κ2) is 4.81. The molecule has 1 aromatic carbocycles. The summed E-state index contributed by atoms with van der Waals surface area (Å²) >= 11 is 0. The van der Waals surface area contributed by atoms with Crippen molar-refractivity contribution in [2.75, 3.05) is 7.11 Å². The van der Waals surface area contributed by atoms with Crippen LogP contribution in [0.5, 0.6) is 5.75 Å². The molecule has 0 aliphatic heterocycles. The average Bonchev–Trinajstić information content (AvgIpc) is 2.76. The first kappa shape index (κ1) is 10.7. The van der Waals surface area contributed by atoms with E-state index in [4.69, 9.17) is 10.5 Å². The van der Waals surface area contributed by atoms with Gasteiger partial charge < -0.3 is 15.0 Å². The molecule has 0 atom stereocenters. The molecule has 4 heteroatoms. The van der Waals surface area contributed by atoms with Crippen molar-refractivity contribution in [3.05, 3.63) is 48.0 Å². The van der Waals surface area contributed by atoms with Gasteiger partial charge in [-0.15, -0.1) is 0 Å². The van der Waals surface area contributed by atoms with Crippen LogP contribution in [0.25, 0.3) is 0 Å². The molecule has 0 radical (unpaired) electrons. The molecular formula is C12H15N3O. The minimum absolute atomic E-state index is 0.455. The van der Waals surface area contributed by atoms with Crippen molar-refractivity contribution in [2.45, 2.75) is 13.1 Å². The Balaban J connectivity index is 2.20. The first-order chi connectivity index (χ1) is 7.83. The van der Waals surface area contributed by atoms with Crippen LogP contribution < -0.4 is 10.5 Å². The maximum absolute atomic E-state index is 5.60. The lowest BCUT2D eigenvalue weighted by molar-refractivity contribution is 0.414. The molecule has 0 aliphatic rings. The molecule has 0 saturated carbocycles. The highest BCUT2D eigenvalue weighted by atomic mass is 16.5. The Hall–Kier alpha value is -1.81. The van der Waals surface area contributed by atoms with Crippen LogP contribution in [0.15, 0.2) is 36.7 Å². The van der Waals surface area contributed by atoms with E-state index in [0.717, 1.165) is 18.1 Å². The number of aromatic nitrogens is 2. The van der Waals surface area contributed by atoms with Crippen LogP contribution in [0.1, 0.15) is 11.4 Å². The Morgan fingerprint density at radius 2 is 2.31 bits per heavy atom. The van der Waals surface area contributed by atoms with Gasteiger partial charge in [0.2, 0.25) is 0 Å². The van der Waals surface area contributed by atoms with E-state index in [1.165, 1.54) is 5.56 Å². The molecule has 0 amide bonds. The Bertz CT molecular complexity index is 465. The van der Waals surface area contributed by atoms with Crippen molar-refractivity contribution in [3.8, 4) is 5.75 Å². The first-order valence-corrected chi connectivity index (χ1v) is 5.16. The van der Waals surface area contributed by atoms with Gasteiger partial charge in [0.1, 0.15) is 11.6 Å². The molecule has 0 fully saturated rings. The van der Waals surface area contributed by atoms with Gasteiger partial charge in [-0.3, -0.25) is 0 Å². The monoisotopic (exact) mass is 217 g/mol. The van der Waals surface area contributed by atoms with Crippen LogP contribution in [0.2, 0.25) is 0 Å². The van der Waals surface area contributed by atoms with E-state index in [0.29, 0.717) is 6.54 Å². The van der Waals surface area contributed by atoms with E-state index in [1.807, 2.05) is 29.0 Å². The number of imidazole rings is 1. The molecule has 4 nitrogen and oxygen atoms in total. The van der Waals surface area contributed by atoms with Crippen molar-refractivity contribution >= 4 is 0 Å². The van der Waals surface area contributed by atoms with Gasteiger partial charge in [-0.05, 0) is 17.7 Å². The molecule has 0 unspecified atom stereocenters. The third kappa shape index (κ3) is 2.23. The largest absolute Gasteiger partial charge is 0.497 e. The third-order valence-electron chi connectivity index (χ3n) is 2.47. The molecule has 0 aliphatic carbocycles. The van der Waals surface area contributed by atoms with Gasteiger partial charge in [0, 0.05) is 18.9 Å². The van der Waals surface area contributed by atoms with Gasteiger partial charge in [0.05, 0.1) is 13.7 Å². The molecule has 0 saturated heterocycles. The van der Waals surface area contributed by atoms with Crippen LogP contribution >= 0.6 is 0 Å². The molecule has 2 rings (SSSR count). The van der Waals surface area contributed by atoms with Crippen molar-refractivity contribution in [1.82, 2.24) is 9.55 Å². The minimum atomic E-state index is 0.455. The highest BCUT2D eigenvalue weighted by molar-refractivity contribution is 5.28. The normalized spacial score (nSPS) is 10.4. The fraction of sp³-hybridized carbons (Fsp3) is 0.250. The van der Waals surface area contributed by atoms with Gasteiger partial charge in [-0.2, -0.15) is 0 Å². The lowest BCUT2D eigenvalue weighted by Gasteiger charge is -2.07. The molecule has 0 spiro atoms. The van der Waals surface area contributed by atoms with Gasteiger partial charge >= 0.3 is 0 Å². The summed E-state index contributed by atoms with van der Waals surface area (Å²) in [5.41, 5.74) is 6.77. The zero-order valence-electron chi connectivity index (χ0n) is 9.26. The van der Waals surface area contributed by atoms with Crippen LogP contribution in [0, 0.1) is 0 Å². The summed E-state index contributed by atoms with van der Waals surface area (Å²) in [7, 11) is 1.67. The Morgan fingerprint density at radius 1 is 1.44 bits per heavy atom. The maximum atomic E-state index is 5.60. The first-order valence-electron chi connectivity index (χ1n) is 5.16. The fourth-order valence-electron chi connectivity index (χ4n) is 1.64. The number of benzene rings is 1. The smallest absolute Gasteiger partial charge is 0.122 e. The lowest BCUT2D eigenvalue weighted by Crippen LogP contribution is -2.08. The molecule has 1 heterocycles. The van der Waals surface area contributed by atoms with Gasteiger partial charge in [0.15, 0.2) is 0 Å². The van der Waals surface area contributed by atoms with E-state index in [2.05, 4.69) is 11.1 Å². The van der Waals surface area contributed by atoms with Gasteiger partial charge in [0.25, 0.3) is 0 Å². The summed E-state index contributed by atoms with van der Waals surface area (Å²) in [6.07, 6.45) is 3.70. The summed E-state index contributed by atoms with van der Waals surface area (Å²) in [5, 5.41) is 0. The summed E-state index contributed by atoms with van der Waals surface area (Å²) in [6, 6.07) is 7.98. The molecule has 84 valence electrons. The fourth-order valence-corrected chi connectivity index (χ4v) is 1.64. The second-order valence-electron chi connectivity index (χ2n) is 3.53. The number of ether oxygens (including phenoxy) is 1. The Labute approximate surface area is 94.7 Å². The van der Waals surface area contributed by atoms with Crippen molar-refractivity contribution < 1.29 is 4.74 Å². The standard InChI is InChI=1S/C12H15N3O/c1-16-11-4-2-3-10(7-11)9-15-6-5-14-12(15)8-13/h2-7H,8-9,13H2,1H3. The van der Waals surface area contributed by atoms with Gasteiger partial charge in [-0.25, -0.2) is 4.98 Å². The molecule has 0 bridgehead atoms. The van der Waals surface area contributed by atoms with Crippen LogP contribution in [-0.4, -0.2) is 16.7 Å². The highest BCUT2D eigenvalue weighted by Gasteiger charge is 2.02. The molecular weight excluding hydrogens is 202 g/mol. The number of rotatable bonds is 4. The lowest BCUT2D eigenvalue weighted by atomic mass is 10.2. The van der Waals surface area contributed by atoms with E-state index in [9.17, 15) is 0 Å². The van der Waals surface area contributed by atoms with Crippen LogP contribution in [0.4, 0.5) is 0 Å². The Morgan fingerprint density at radius 3 is 3.06 bits per heavy atom. The third-order valence-corrected chi connectivity index (χ3v) is 2.47. The zero-order chi connectivity index (χ0) is 11.4. The van der Waals surface area contributed by atoms with E-state index in [1.54, 1.807) is 13.3 Å². The number of nitrogens with zero attached hydrogens (tertiary/aromatic N) is 2. The number of methoxy groups -OCH3 is 1. The Kier molecular flexibility index (Phi) is 3.22. The minimum Gasteiger partial charge on any atom is -0.497 e. The summed E-state index contributed by atoms with van der Waals surface area (Å²) in [6.45, 7) is 1.22. The number of nitrogens with two attached hydrogens (primary N) is 1. The predicted octanol–water partition coefficient (Wildman–Crippen LogP) is 1.40. The van der Waals surface area contributed by atoms with Crippen molar-refractivity contribution in [1.29, 1.82) is 0 Å². The number of hydrogen-bond acceptors (Lipinski definition) is 3. The molecule has 2 N–H and O–H groups in total. The van der Waals surface area contributed by atoms with E-state index >= 15 is 0 Å². The van der Waals surface area contributed by atoms with Crippen molar-refractivity contribution in [2.24, 2.45) is 5.73 Å². The molecule has 1 aromatic heterocycles. The zero-order valence-corrected chi connectivity index (χ0v) is 9.26. The van der Waals surface area contributed by atoms with Crippen molar-refractivity contribution in [3.63, 3.8) is 0 Å². The SMILES string of the molecule is COc1cccc(Cn2ccnc2CN)c1. The van der Waals surface area contributed by atoms with E-state index < -0.39 is 0 Å². The van der Waals surface area contributed by atoms with Crippen LogP contribution in [0.3, 0.4) is 0 Å². The quantitative estimate of drug-likeness (QED) is 0.842. The summed E-state index contributed by atoms with van der Waals surface area (Å²) in [4.78, 5) is 4.18. The maximum Gasteiger partial charge on any atom is 0.122 e. The average molecular weight is 217 g/mol. The topological polar surface area (TPSA) is 53.1 Å². The summed E-state index contributed by atoms with van der Waals surface area (Å²) in [5.74, 6) is 1.76. The predicted molar refractivity (Wildman–Crippen MR) is 62.2 cm³/mol. The highest BCUT2D eigenvalue weighted by Crippen LogP contribution is 2.14. The summed E-state index contributed by atoms with van der Waals surface area (Å²) < 4.78 is 7.22. The molecule has 2 aromatic rings. The van der Waals surface area contributed by atoms with Crippen LogP contribution in [-0.2, 0) is 13.1 Å². The number of hydrogen-bond donors (Lipinski definition) is 1. The van der Waals surface area contributed by atoms with E-state index in [-0.39, 0.29) is 0 Å². The van der Waals surface area contributed by atoms with Gasteiger partial charge in [-0.1, -0.05) is 12.1 Å². The second-order valence-corrected chi connectivity index (χ2v) is 3.53.